The van der Waals surface area contributed by atoms with Crippen molar-refractivity contribution in [3.05, 3.63) is 12.3 Å². The summed E-state index contributed by atoms with van der Waals surface area (Å²) in [5, 5.41) is 10.1. The zero-order valence-electron chi connectivity index (χ0n) is 21.2. The van der Waals surface area contributed by atoms with Gasteiger partial charge in [-0.15, -0.1) is 0 Å². The Hall–Kier alpha value is -1.56. The molecule has 5 fully saturated rings. The third-order valence-electron chi connectivity index (χ3n) is 10.1. The van der Waals surface area contributed by atoms with E-state index in [0.29, 0.717) is 51.0 Å². The second kappa shape index (κ2) is 9.83. The summed E-state index contributed by atoms with van der Waals surface area (Å²) in [6, 6.07) is 0.652. The van der Waals surface area contributed by atoms with E-state index in [2.05, 4.69) is 18.5 Å². The number of hydrogen-bond acceptors (Lipinski definition) is 4. The van der Waals surface area contributed by atoms with Gasteiger partial charge < -0.3 is 19.8 Å². The van der Waals surface area contributed by atoms with Gasteiger partial charge >= 0.3 is 0 Å². The summed E-state index contributed by atoms with van der Waals surface area (Å²) < 4.78 is 0. The Labute approximate surface area is 205 Å². The highest BCUT2D eigenvalue weighted by molar-refractivity contribution is 5.88. The van der Waals surface area contributed by atoms with Crippen molar-refractivity contribution in [2.75, 3.05) is 33.2 Å². The zero-order chi connectivity index (χ0) is 23.9. The Morgan fingerprint density at radius 3 is 2.03 bits per heavy atom. The number of aliphatic hydroxyl groups is 1. The van der Waals surface area contributed by atoms with E-state index < -0.39 is 5.60 Å². The minimum atomic E-state index is -1.10. The molecule has 5 rings (SSSR count). The second-order valence-corrected chi connectivity index (χ2v) is 12.1. The molecule has 34 heavy (non-hydrogen) atoms. The summed E-state index contributed by atoms with van der Waals surface area (Å²) in [4.78, 5) is 31.8. The Balaban J connectivity index is 1.06. The average molecular weight is 472 g/mol. The monoisotopic (exact) mass is 471 g/mol. The molecule has 0 aromatic carbocycles. The van der Waals surface area contributed by atoms with Crippen LogP contribution < -0.4 is 0 Å². The van der Waals surface area contributed by atoms with Gasteiger partial charge in [0.05, 0.1) is 0 Å². The van der Waals surface area contributed by atoms with Crippen molar-refractivity contribution in [2.45, 2.75) is 95.1 Å². The van der Waals surface area contributed by atoms with E-state index in [4.69, 9.17) is 0 Å². The molecule has 4 saturated carbocycles. The summed E-state index contributed by atoms with van der Waals surface area (Å²) in [5.41, 5.74) is 0.279. The minimum absolute atomic E-state index is 0.132. The number of allylic oxidation sites excluding steroid dienone is 1. The predicted octanol–water partition coefficient (Wildman–Crippen LogP) is 3.79. The highest BCUT2D eigenvalue weighted by atomic mass is 16.3. The second-order valence-electron chi connectivity index (χ2n) is 12.1. The van der Waals surface area contributed by atoms with E-state index in [0.717, 1.165) is 30.6 Å². The fourth-order valence-corrected chi connectivity index (χ4v) is 7.10. The number of piperazine rings is 1. The van der Waals surface area contributed by atoms with Crippen LogP contribution in [0.4, 0.5) is 0 Å². The van der Waals surface area contributed by atoms with Crippen LogP contribution in [0, 0.1) is 23.7 Å². The predicted molar refractivity (Wildman–Crippen MR) is 133 cm³/mol. The van der Waals surface area contributed by atoms with E-state index >= 15 is 0 Å². The quantitative estimate of drug-likeness (QED) is 0.640. The van der Waals surface area contributed by atoms with Crippen LogP contribution in [0.3, 0.4) is 0 Å². The Morgan fingerprint density at radius 2 is 1.44 bits per heavy atom. The van der Waals surface area contributed by atoms with E-state index in [1.807, 2.05) is 4.90 Å². The van der Waals surface area contributed by atoms with Crippen molar-refractivity contribution in [3.8, 4) is 0 Å². The van der Waals surface area contributed by atoms with Gasteiger partial charge in [-0.3, -0.25) is 9.59 Å². The third-order valence-corrected chi connectivity index (χ3v) is 10.1. The van der Waals surface area contributed by atoms with Crippen molar-refractivity contribution >= 4 is 11.8 Å². The molecular weight excluding hydrogens is 426 g/mol. The number of amides is 2. The lowest BCUT2D eigenvalue weighted by atomic mass is 9.69. The molecule has 6 nitrogen and oxygen atoms in total. The lowest BCUT2D eigenvalue weighted by Gasteiger charge is -2.44. The van der Waals surface area contributed by atoms with E-state index in [1.54, 1.807) is 4.90 Å². The average Bonchev–Trinajstić information content (AvgIpc) is 3.60. The number of hydrogen-bond donors (Lipinski definition) is 1. The van der Waals surface area contributed by atoms with Gasteiger partial charge in [0.25, 0.3) is 5.91 Å². The molecule has 2 unspecified atom stereocenters. The van der Waals surface area contributed by atoms with Crippen LogP contribution >= 0.6 is 0 Å². The Morgan fingerprint density at radius 1 is 0.824 bits per heavy atom. The summed E-state index contributed by atoms with van der Waals surface area (Å²) in [5.74, 6) is 2.62. The maximum atomic E-state index is 13.2. The number of nitrogens with zero attached hydrogens (tertiary/aromatic N) is 3. The first-order valence-corrected chi connectivity index (χ1v) is 14.1. The van der Waals surface area contributed by atoms with Crippen molar-refractivity contribution in [1.29, 1.82) is 0 Å². The first-order chi connectivity index (χ1) is 16.4. The molecule has 0 aromatic rings. The van der Waals surface area contributed by atoms with Crippen LogP contribution in [0.25, 0.3) is 0 Å². The molecule has 0 aromatic heterocycles. The van der Waals surface area contributed by atoms with Crippen LogP contribution in [0.5, 0.6) is 0 Å². The van der Waals surface area contributed by atoms with Gasteiger partial charge in [-0.25, -0.2) is 0 Å². The van der Waals surface area contributed by atoms with Crippen LogP contribution in [0.15, 0.2) is 12.3 Å². The molecule has 190 valence electrons. The normalized spacial score (nSPS) is 33.7. The van der Waals surface area contributed by atoms with E-state index in [1.165, 1.54) is 63.5 Å². The first kappa shape index (κ1) is 24.1. The molecule has 0 bridgehead atoms. The van der Waals surface area contributed by atoms with Crippen molar-refractivity contribution in [1.82, 2.24) is 14.7 Å². The van der Waals surface area contributed by atoms with Gasteiger partial charge in [-0.2, -0.15) is 0 Å². The summed E-state index contributed by atoms with van der Waals surface area (Å²) in [6.45, 7) is 6.79. The third kappa shape index (κ3) is 4.89. The lowest BCUT2D eigenvalue weighted by molar-refractivity contribution is -0.148. The SMILES string of the molecule is C=C(C1CCC1)N(C)C1CCCC(C2CCC(C(=O)N3CCN(C(=O)C4(O)CC4)CC3)CC2)C1. The molecule has 2 atom stereocenters. The molecule has 1 N–H and O–H groups in total. The van der Waals surface area contributed by atoms with Crippen molar-refractivity contribution < 1.29 is 14.7 Å². The lowest BCUT2D eigenvalue weighted by Crippen LogP contribution is -2.54. The van der Waals surface area contributed by atoms with Crippen LogP contribution in [-0.4, -0.2) is 76.5 Å². The van der Waals surface area contributed by atoms with Crippen molar-refractivity contribution in [3.63, 3.8) is 0 Å². The fraction of sp³-hybridized carbons (Fsp3) is 0.857. The van der Waals surface area contributed by atoms with Crippen molar-refractivity contribution in [2.24, 2.45) is 23.7 Å². The Kier molecular flexibility index (Phi) is 6.98. The molecule has 5 aliphatic rings. The number of carbonyl (C=O) groups is 2. The van der Waals surface area contributed by atoms with Gasteiger partial charge in [-0.05, 0) is 82.0 Å². The summed E-state index contributed by atoms with van der Waals surface area (Å²) in [7, 11) is 2.28. The topological polar surface area (TPSA) is 64.1 Å². The van der Waals surface area contributed by atoms with E-state index in [9.17, 15) is 14.7 Å². The Bertz CT molecular complexity index is 774. The molecule has 2 amide bonds. The van der Waals surface area contributed by atoms with Gasteiger partial charge in [0.2, 0.25) is 5.91 Å². The van der Waals surface area contributed by atoms with Gasteiger partial charge in [0.15, 0.2) is 0 Å². The van der Waals surface area contributed by atoms with Gasteiger partial charge in [-0.1, -0.05) is 25.8 Å². The summed E-state index contributed by atoms with van der Waals surface area (Å²) in [6.07, 6.45) is 14.9. The maximum Gasteiger partial charge on any atom is 0.254 e. The van der Waals surface area contributed by atoms with Crippen LogP contribution in [-0.2, 0) is 9.59 Å². The standard InChI is InChI=1S/C28H45N3O3/c1-20(21-5-3-6-21)29(2)25-8-4-7-24(19-25)22-9-11-23(12-10-22)26(32)30-15-17-31(18-16-30)27(33)28(34)13-14-28/h21-25,34H,1,3-19H2,2H3. The smallest absolute Gasteiger partial charge is 0.254 e. The molecule has 4 aliphatic carbocycles. The first-order valence-electron chi connectivity index (χ1n) is 14.1. The molecule has 0 radical (unpaired) electrons. The number of rotatable bonds is 6. The van der Waals surface area contributed by atoms with Crippen LogP contribution in [0.1, 0.15) is 83.5 Å². The summed E-state index contributed by atoms with van der Waals surface area (Å²) >= 11 is 0. The zero-order valence-corrected chi connectivity index (χ0v) is 21.2. The molecule has 0 spiro atoms. The minimum Gasteiger partial charge on any atom is -0.380 e. The van der Waals surface area contributed by atoms with Crippen LogP contribution in [0.2, 0.25) is 0 Å². The molecule has 1 saturated heterocycles. The highest BCUT2D eigenvalue weighted by Crippen LogP contribution is 2.43. The molecular formula is C28H45N3O3. The number of carbonyl (C=O) groups excluding carboxylic acids is 2. The van der Waals surface area contributed by atoms with Gasteiger partial charge in [0, 0.05) is 50.9 Å². The molecule has 6 heteroatoms. The van der Waals surface area contributed by atoms with Gasteiger partial charge in [0.1, 0.15) is 5.60 Å². The largest absolute Gasteiger partial charge is 0.380 e. The van der Waals surface area contributed by atoms with E-state index in [-0.39, 0.29) is 11.8 Å². The molecule has 1 aliphatic heterocycles. The highest BCUT2D eigenvalue weighted by Gasteiger charge is 2.50. The molecule has 1 heterocycles. The fourth-order valence-electron chi connectivity index (χ4n) is 7.10. The maximum absolute atomic E-state index is 13.2.